The summed E-state index contributed by atoms with van der Waals surface area (Å²) in [5.74, 6) is 0.202. The van der Waals surface area contributed by atoms with E-state index in [2.05, 4.69) is 6.92 Å². The number of carbonyl (C=O) groups is 1. The van der Waals surface area contributed by atoms with E-state index in [1.165, 1.54) is 0 Å². The Hall–Kier alpha value is -0.410. The fourth-order valence-electron chi connectivity index (χ4n) is 1.38. The average molecular weight is 186 g/mol. The smallest absolute Gasteiger partial charge is 0.163 e. The Balaban J connectivity index is 2.13. The van der Waals surface area contributed by atoms with Gasteiger partial charge in [0.1, 0.15) is 6.10 Å². The largest absolute Gasteiger partial charge is 0.376 e. The van der Waals surface area contributed by atoms with Crippen LogP contribution in [0, 0.1) is 0 Å². The average Bonchev–Trinajstić information content (AvgIpc) is 2.19. The Morgan fingerprint density at radius 3 is 2.85 bits per heavy atom. The van der Waals surface area contributed by atoms with Crippen LogP contribution in [0.1, 0.15) is 32.6 Å². The Morgan fingerprint density at radius 2 is 2.23 bits per heavy atom. The number of carbonyl (C=O) groups excluding carboxylic acids is 1. The number of hydrogen-bond donors (Lipinski definition) is 0. The maximum absolute atomic E-state index is 11.5. The van der Waals surface area contributed by atoms with Crippen molar-refractivity contribution in [3.8, 4) is 0 Å². The van der Waals surface area contributed by atoms with Gasteiger partial charge in [0.2, 0.25) is 0 Å². The molecule has 3 heteroatoms. The third kappa shape index (κ3) is 3.87. The van der Waals surface area contributed by atoms with Gasteiger partial charge in [0.05, 0.1) is 19.8 Å². The van der Waals surface area contributed by atoms with Crippen LogP contribution in [-0.2, 0) is 14.3 Å². The number of Topliss-reactive ketones (excluding diaryl/α,β-unsaturated/α-hetero) is 1. The van der Waals surface area contributed by atoms with E-state index in [1.54, 1.807) is 0 Å². The molecule has 1 fully saturated rings. The van der Waals surface area contributed by atoms with E-state index in [0.717, 1.165) is 19.3 Å². The molecule has 1 heterocycles. The van der Waals surface area contributed by atoms with Gasteiger partial charge < -0.3 is 9.47 Å². The van der Waals surface area contributed by atoms with E-state index in [0.29, 0.717) is 26.2 Å². The molecule has 0 aromatic rings. The van der Waals surface area contributed by atoms with Gasteiger partial charge in [0.15, 0.2) is 5.78 Å². The predicted molar refractivity (Wildman–Crippen MR) is 49.7 cm³/mol. The number of ether oxygens (including phenoxy) is 2. The molecule has 0 radical (unpaired) electrons. The molecule has 0 N–H and O–H groups in total. The molecule has 0 aliphatic carbocycles. The first-order chi connectivity index (χ1) is 6.34. The van der Waals surface area contributed by atoms with Crippen molar-refractivity contribution in [1.82, 2.24) is 0 Å². The third-order valence-corrected chi connectivity index (χ3v) is 2.20. The van der Waals surface area contributed by atoms with Gasteiger partial charge in [-0.05, 0) is 6.42 Å². The first kappa shape index (κ1) is 10.7. The Morgan fingerprint density at radius 1 is 1.38 bits per heavy atom. The van der Waals surface area contributed by atoms with Crippen molar-refractivity contribution in [1.29, 1.82) is 0 Å². The standard InChI is InChI=1S/C10H18O3/c1-2-3-4-5-9(11)10-8-12-6-7-13-10/h10H,2-8H2,1H3. The van der Waals surface area contributed by atoms with Crippen molar-refractivity contribution in [2.45, 2.75) is 38.7 Å². The first-order valence-corrected chi connectivity index (χ1v) is 5.06. The molecule has 0 aromatic carbocycles. The van der Waals surface area contributed by atoms with Gasteiger partial charge in [-0.25, -0.2) is 0 Å². The van der Waals surface area contributed by atoms with Gasteiger partial charge in [-0.2, -0.15) is 0 Å². The molecule has 1 atom stereocenters. The Kier molecular flexibility index (Phi) is 5.01. The molecule has 1 rings (SSSR count). The van der Waals surface area contributed by atoms with E-state index in [4.69, 9.17) is 9.47 Å². The number of ketones is 1. The molecule has 0 amide bonds. The monoisotopic (exact) mass is 186 g/mol. The van der Waals surface area contributed by atoms with E-state index in [1.807, 2.05) is 0 Å². The van der Waals surface area contributed by atoms with Gasteiger partial charge >= 0.3 is 0 Å². The van der Waals surface area contributed by atoms with Crippen LogP contribution in [0.3, 0.4) is 0 Å². The van der Waals surface area contributed by atoms with Crippen molar-refractivity contribution >= 4 is 5.78 Å². The molecule has 13 heavy (non-hydrogen) atoms. The zero-order chi connectivity index (χ0) is 9.52. The number of unbranched alkanes of at least 4 members (excludes halogenated alkanes) is 2. The fourth-order valence-corrected chi connectivity index (χ4v) is 1.38. The summed E-state index contributed by atoms with van der Waals surface area (Å²) in [5, 5.41) is 0. The van der Waals surface area contributed by atoms with Crippen LogP contribution >= 0.6 is 0 Å². The lowest BCUT2D eigenvalue weighted by Gasteiger charge is -2.21. The lowest BCUT2D eigenvalue weighted by atomic mass is 10.1. The summed E-state index contributed by atoms with van der Waals surface area (Å²) >= 11 is 0. The van der Waals surface area contributed by atoms with Crippen LogP contribution in [0.25, 0.3) is 0 Å². The van der Waals surface area contributed by atoms with E-state index >= 15 is 0 Å². The summed E-state index contributed by atoms with van der Waals surface area (Å²) in [5.41, 5.74) is 0. The molecule has 0 saturated carbocycles. The highest BCUT2D eigenvalue weighted by atomic mass is 16.6. The van der Waals surface area contributed by atoms with Crippen LogP contribution in [0.2, 0.25) is 0 Å². The molecule has 0 bridgehead atoms. The lowest BCUT2D eigenvalue weighted by Crippen LogP contribution is -2.35. The molecule has 3 nitrogen and oxygen atoms in total. The highest BCUT2D eigenvalue weighted by Crippen LogP contribution is 2.07. The molecule has 1 aliphatic heterocycles. The first-order valence-electron chi connectivity index (χ1n) is 5.06. The number of rotatable bonds is 5. The molecule has 1 saturated heterocycles. The molecule has 76 valence electrons. The molecule has 1 aliphatic rings. The highest BCUT2D eigenvalue weighted by molar-refractivity contribution is 5.83. The third-order valence-electron chi connectivity index (χ3n) is 2.20. The number of hydrogen-bond acceptors (Lipinski definition) is 3. The minimum Gasteiger partial charge on any atom is -0.376 e. The van der Waals surface area contributed by atoms with Gasteiger partial charge in [-0.15, -0.1) is 0 Å². The van der Waals surface area contributed by atoms with Gasteiger partial charge in [0, 0.05) is 6.42 Å². The summed E-state index contributed by atoms with van der Waals surface area (Å²) < 4.78 is 10.5. The van der Waals surface area contributed by atoms with Gasteiger partial charge in [0.25, 0.3) is 0 Å². The summed E-state index contributed by atoms with van der Waals surface area (Å²) in [7, 11) is 0. The van der Waals surface area contributed by atoms with E-state index in [-0.39, 0.29) is 11.9 Å². The highest BCUT2D eigenvalue weighted by Gasteiger charge is 2.21. The molecule has 0 aromatic heterocycles. The summed E-state index contributed by atoms with van der Waals surface area (Å²) in [6, 6.07) is 0. The molecule has 1 unspecified atom stereocenters. The second kappa shape index (κ2) is 6.11. The summed E-state index contributed by atoms with van der Waals surface area (Å²) in [6.07, 6.45) is 3.61. The topological polar surface area (TPSA) is 35.5 Å². The fraction of sp³-hybridized carbons (Fsp3) is 0.900. The minimum absolute atomic E-state index is 0.202. The maximum Gasteiger partial charge on any atom is 0.163 e. The quantitative estimate of drug-likeness (QED) is 0.611. The van der Waals surface area contributed by atoms with E-state index < -0.39 is 0 Å². The molecule has 0 spiro atoms. The van der Waals surface area contributed by atoms with Crippen molar-refractivity contribution in [3.63, 3.8) is 0 Å². The van der Waals surface area contributed by atoms with E-state index in [9.17, 15) is 4.79 Å². The van der Waals surface area contributed by atoms with Crippen LogP contribution in [0.15, 0.2) is 0 Å². The normalized spacial score (nSPS) is 23.0. The summed E-state index contributed by atoms with van der Waals surface area (Å²) in [4.78, 5) is 11.5. The predicted octanol–water partition coefficient (Wildman–Crippen LogP) is 1.55. The van der Waals surface area contributed by atoms with Crippen molar-refractivity contribution in [2.75, 3.05) is 19.8 Å². The maximum atomic E-state index is 11.5. The zero-order valence-electron chi connectivity index (χ0n) is 8.25. The lowest BCUT2D eigenvalue weighted by molar-refractivity contribution is -0.145. The van der Waals surface area contributed by atoms with Crippen molar-refractivity contribution < 1.29 is 14.3 Å². The van der Waals surface area contributed by atoms with Gasteiger partial charge in [-0.1, -0.05) is 19.8 Å². The van der Waals surface area contributed by atoms with Crippen molar-refractivity contribution in [3.05, 3.63) is 0 Å². The van der Waals surface area contributed by atoms with Crippen LogP contribution in [0.4, 0.5) is 0 Å². The van der Waals surface area contributed by atoms with Crippen LogP contribution < -0.4 is 0 Å². The summed E-state index contributed by atoms with van der Waals surface area (Å²) in [6.45, 7) is 3.76. The minimum atomic E-state index is -0.286. The second-order valence-electron chi connectivity index (χ2n) is 3.36. The second-order valence-corrected chi connectivity index (χ2v) is 3.36. The van der Waals surface area contributed by atoms with Crippen LogP contribution in [0.5, 0.6) is 0 Å². The molecular weight excluding hydrogens is 168 g/mol. The Bertz CT molecular complexity index is 150. The zero-order valence-corrected chi connectivity index (χ0v) is 8.25. The SMILES string of the molecule is CCCCCC(=O)C1COCCO1. The van der Waals surface area contributed by atoms with Crippen LogP contribution in [-0.4, -0.2) is 31.7 Å². The Labute approximate surface area is 79.4 Å². The molecular formula is C10H18O3. The van der Waals surface area contributed by atoms with Gasteiger partial charge in [-0.3, -0.25) is 4.79 Å². The van der Waals surface area contributed by atoms with Crippen molar-refractivity contribution in [2.24, 2.45) is 0 Å².